The minimum atomic E-state index is -0.0791. The van der Waals surface area contributed by atoms with Crippen LogP contribution in [0, 0.1) is 25.2 Å². The van der Waals surface area contributed by atoms with Crippen LogP contribution in [0.3, 0.4) is 0 Å². The molecule has 1 aromatic carbocycles. The second-order valence-corrected chi connectivity index (χ2v) is 5.32. The average molecular weight is 296 g/mol. The number of benzene rings is 1. The molecule has 0 radical (unpaired) electrons. The van der Waals surface area contributed by atoms with E-state index in [1.165, 1.54) is 0 Å². The van der Waals surface area contributed by atoms with Gasteiger partial charge in [0, 0.05) is 19.3 Å². The van der Waals surface area contributed by atoms with Crippen molar-refractivity contribution in [3.63, 3.8) is 0 Å². The lowest BCUT2D eigenvalue weighted by Gasteiger charge is -2.15. The molecule has 0 spiro atoms. The standard InChI is InChI=1S/C17H20N4O/c1-13-16(17(22)20(3)11-7-10-18)14(2)21(19-13)12-15-8-5-4-6-9-15/h4-6,8-9H,7,11-12H2,1-3H3. The molecular formula is C17H20N4O. The van der Waals surface area contributed by atoms with E-state index in [9.17, 15) is 4.79 Å². The van der Waals surface area contributed by atoms with Gasteiger partial charge in [-0.1, -0.05) is 30.3 Å². The Morgan fingerprint density at radius 2 is 2.00 bits per heavy atom. The van der Waals surface area contributed by atoms with Crippen molar-refractivity contribution in [2.45, 2.75) is 26.8 Å². The highest BCUT2D eigenvalue weighted by Gasteiger charge is 2.21. The Labute approximate surface area is 130 Å². The topological polar surface area (TPSA) is 61.9 Å². The number of nitriles is 1. The second-order valence-electron chi connectivity index (χ2n) is 5.32. The number of aromatic nitrogens is 2. The summed E-state index contributed by atoms with van der Waals surface area (Å²) in [4.78, 5) is 14.1. The van der Waals surface area contributed by atoms with Gasteiger partial charge < -0.3 is 4.90 Å². The number of nitrogens with zero attached hydrogens (tertiary/aromatic N) is 4. The lowest BCUT2D eigenvalue weighted by molar-refractivity contribution is 0.0796. The fraction of sp³-hybridized carbons (Fsp3) is 0.353. The number of amides is 1. The van der Waals surface area contributed by atoms with Crippen LogP contribution < -0.4 is 0 Å². The first-order chi connectivity index (χ1) is 10.5. The van der Waals surface area contributed by atoms with Crippen molar-refractivity contribution in [1.29, 1.82) is 5.26 Å². The van der Waals surface area contributed by atoms with Gasteiger partial charge in [0.1, 0.15) is 0 Å². The fourth-order valence-corrected chi connectivity index (χ4v) is 2.43. The van der Waals surface area contributed by atoms with Crippen molar-refractivity contribution in [2.75, 3.05) is 13.6 Å². The smallest absolute Gasteiger partial charge is 0.257 e. The van der Waals surface area contributed by atoms with Gasteiger partial charge in [0.05, 0.1) is 30.3 Å². The molecule has 1 heterocycles. The van der Waals surface area contributed by atoms with Gasteiger partial charge in [-0.2, -0.15) is 10.4 Å². The van der Waals surface area contributed by atoms with E-state index in [0.717, 1.165) is 17.0 Å². The number of hydrogen-bond donors (Lipinski definition) is 0. The summed E-state index contributed by atoms with van der Waals surface area (Å²) < 4.78 is 1.86. The van der Waals surface area contributed by atoms with Crippen molar-refractivity contribution < 1.29 is 4.79 Å². The Bertz CT molecular complexity index is 697. The first-order valence-corrected chi connectivity index (χ1v) is 7.25. The molecule has 0 atom stereocenters. The molecule has 0 aliphatic heterocycles. The highest BCUT2D eigenvalue weighted by molar-refractivity contribution is 5.96. The minimum Gasteiger partial charge on any atom is -0.341 e. The molecule has 0 saturated carbocycles. The third-order valence-corrected chi connectivity index (χ3v) is 3.68. The monoisotopic (exact) mass is 296 g/mol. The molecule has 5 nitrogen and oxygen atoms in total. The number of carbonyl (C=O) groups is 1. The number of rotatable bonds is 5. The van der Waals surface area contributed by atoms with Gasteiger partial charge in [-0.15, -0.1) is 0 Å². The van der Waals surface area contributed by atoms with Crippen LogP contribution in [0.15, 0.2) is 30.3 Å². The number of aryl methyl sites for hydroxylation is 1. The number of carbonyl (C=O) groups excluding carboxylic acids is 1. The predicted octanol–water partition coefficient (Wildman–Crippen LogP) is 2.53. The lowest BCUT2D eigenvalue weighted by Crippen LogP contribution is -2.28. The molecule has 22 heavy (non-hydrogen) atoms. The molecule has 0 bridgehead atoms. The van der Waals surface area contributed by atoms with E-state index in [2.05, 4.69) is 11.2 Å². The molecule has 114 valence electrons. The molecule has 5 heteroatoms. The van der Waals surface area contributed by atoms with Gasteiger partial charge in [-0.3, -0.25) is 9.48 Å². The van der Waals surface area contributed by atoms with Crippen LogP contribution in [-0.4, -0.2) is 34.2 Å². The van der Waals surface area contributed by atoms with Crippen molar-refractivity contribution in [1.82, 2.24) is 14.7 Å². The molecule has 0 unspecified atom stereocenters. The molecular weight excluding hydrogens is 276 g/mol. The fourth-order valence-electron chi connectivity index (χ4n) is 2.43. The zero-order chi connectivity index (χ0) is 16.1. The summed E-state index contributed by atoms with van der Waals surface area (Å²) in [6.07, 6.45) is 0.332. The molecule has 0 aliphatic carbocycles. The normalized spacial score (nSPS) is 10.3. The van der Waals surface area contributed by atoms with E-state index in [-0.39, 0.29) is 5.91 Å². The van der Waals surface area contributed by atoms with E-state index in [4.69, 9.17) is 5.26 Å². The van der Waals surface area contributed by atoms with Gasteiger partial charge in [0.15, 0.2) is 0 Å². The Morgan fingerprint density at radius 1 is 1.32 bits per heavy atom. The summed E-state index contributed by atoms with van der Waals surface area (Å²) in [5, 5.41) is 13.1. The van der Waals surface area contributed by atoms with Crippen LogP contribution in [0.5, 0.6) is 0 Å². The molecule has 0 saturated heterocycles. The maximum atomic E-state index is 12.5. The third-order valence-electron chi connectivity index (χ3n) is 3.68. The predicted molar refractivity (Wildman–Crippen MR) is 84.4 cm³/mol. The molecule has 2 aromatic rings. The van der Waals surface area contributed by atoms with Crippen LogP contribution in [0.25, 0.3) is 0 Å². The van der Waals surface area contributed by atoms with Crippen molar-refractivity contribution in [3.8, 4) is 6.07 Å². The maximum Gasteiger partial charge on any atom is 0.257 e. The Balaban J connectivity index is 2.24. The van der Waals surface area contributed by atoms with Gasteiger partial charge in [-0.25, -0.2) is 0 Å². The van der Waals surface area contributed by atoms with E-state index < -0.39 is 0 Å². The quantitative estimate of drug-likeness (QED) is 0.851. The van der Waals surface area contributed by atoms with E-state index in [1.807, 2.05) is 48.9 Å². The van der Waals surface area contributed by atoms with Gasteiger partial charge in [0.25, 0.3) is 5.91 Å². The summed E-state index contributed by atoms with van der Waals surface area (Å²) in [6, 6.07) is 12.1. The summed E-state index contributed by atoms with van der Waals surface area (Å²) in [5.41, 5.74) is 3.36. The van der Waals surface area contributed by atoms with Crippen LogP contribution in [-0.2, 0) is 6.54 Å². The van der Waals surface area contributed by atoms with Gasteiger partial charge >= 0.3 is 0 Å². The molecule has 1 amide bonds. The number of hydrogen-bond acceptors (Lipinski definition) is 3. The maximum absolute atomic E-state index is 12.5. The van der Waals surface area contributed by atoms with Crippen LogP contribution >= 0.6 is 0 Å². The highest BCUT2D eigenvalue weighted by Crippen LogP contribution is 2.16. The summed E-state index contributed by atoms with van der Waals surface area (Å²) >= 11 is 0. The van der Waals surface area contributed by atoms with Gasteiger partial charge in [-0.05, 0) is 19.4 Å². The molecule has 2 rings (SSSR count). The van der Waals surface area contributed by atoms with Crippen molar-refractivity contribution >= 4 is 5.91 Å². The van der Waals surface area contributed by atoms with Crippen molar-refractivity contribution in [2.24, 2.45) is 0 Å². The van der Waals surface area contributed by atoms with E-state index in [1.54, 1.807) is 11.9 Å². The second kappa shape index (κ2) is 6.90. The Morgan fingerprint density at radius 3 is 2.64 bits per heavy atom. The van der Waals surface area contributed by atoms with Crippen molar-refractivity contribution in [3.05, 3.63) is 52.8 Å². The average Bonchev–Trinajstić information content (AvgIpc) is 2.79. The lowest BCUT2D eigenvalue weighted by atomic mass is 10.1. The summed E-state index contributed by atoms with van der Waals surface area (Å²) in [5.74, 6) is -0.0791. The first kappa shape index (κ1) is 15.8. The summed E-state index contributed by atoms with van der Waals surface area (Å²) in [6.45, 7) is 4.83. The van der Waals surface area contributed by atoms with Crippen LogP contribution in [0.4, 0.5) is 0 Å². The van der Waals surface area contributed by atoms with Gasteiger partial charge in [0.2, 0.25) is 0 Å². The molecule has 0 N–H and O–H groups in total. The largest absolute Gasteiger partial charge is 0.341 e. The third kappa shape index (κ3) is 3.34. The molecule has 1 aromatic heterocycles. The first-order valence-electron chi connectivity index (χ1n) is 7.25. The molecule has 0 fully saturated rings. The van der Waals surface area contributed by atoms with Crippen LogP contribution in [0.2, 0.25) is 0 Å². The Kier molecular flexibility index (Phi) is 4.95. The SMILES string of the molecule is Cc1nn(Cc2ccccc2)c(C)c1C(=O)N(C)CCC#N. The summed E-state index contributed by atoms with van der Waals surface area (Å²) in [7, 11) is 1.72. The van der Waals surface area contributed by atoms with E-state index >= 15 is 0 Å². The zero-order valence-electron chi connectivity index (χ0n) is 13.2. The highest BCUT2D eigenvalue weighted by atomic mass is 16.2. The molecule has 0 aliphatic rings. The zero-order valence-corrected chi connectivity index (χ0v) is 13.2. The van der Waals surface area contributed by atoms with Crippen LogP contribution in [0.1, 0.15) is 33.7 Å². The minimum absolute atomic E-state index is 0.0791. The Hall–Kier alpha value is -2.61. The van der Waals surface area contributed by atoms with E-state index in [0.29, 0.717) is 25.1 Å².